The van der Waals surface area contributed by atoms with Gasteiger partial charge in [-0.1, -0.05) is 0 Å². The molecule has 0 fully saturated rings. The van der Waals surface area contributed by atoms with E-state index in [1.807, 2.05) is 6.92 Å². The van der Waals surface area contributed by atoms with Crippen LogP contribution in [0.25, 0.3) is 0 Å². The van der Waals surface area contributed by atoms with Gasteiger partial charge in [-0.3, -0.25) is 0 Å². The molecule has 0 unspecified atom stereocenters. The molecule has 0 saturated carbocycles. The maximum atomic E-state index is 5.00. The molecule has 0 atom stereocenters. The van der Waals surface area contributed by atoms with E-state index in [2.05, 4.69) is 11.2 Å². The maximum Gasteiger partial charge on any atom is 0.221 e. The van der Waals surface area contributed by atoms with Crippen LogP contribution >= 0.6 is 0 Å². The molecular formula is C6H8NO2. The number of ether oxygens (including phenoxy) is 1. The lowest BCUT2D eigenvalue weighted by atomic mass is 10.7. The quantitative estimate of drug-likeness (QED) is 0.606. The molecule has 3 heteroatoms. The lowest BCUT2D eigenvalue weighted by Crippen LogP contribution is -1.90. The van der Waals surface area contributed by atoms with Crippen molar-refractivity contribution in [2.75, 3.05) is 6.61 Å². The van der Waals surface area contributed by atoms with Gasteiger partial charge in [0.2, 0.25) is 5.89 Å². The number of hydrogen-bond acceptors (Lipinski definition) is 3. The Labute approximate surface area is 53.7 Å². The topological polar surface area (TPSA) is 35.3 Å². The molecule has 1 heterocycles. The van der Waals surface area contributed by atoms with Gasteiger partial charge in [0, 0.05) is 6.61 Å². The summed E-state index contributed by atoms with van der Waals surface area (Å²) in [7, 11) is 0. The normalized spacial score (nSPS) is 9.89. The number of aromatic nitrogens is 1. The van der Waals surface area contributed by atoms with E-state index < -0.39 is 0 Å². The van der Waals surface area contributed by atoms with E-state index in [1.165, 1.54) is 6.20 Å². The van der Waals surface area contributed by atoms with Crippen LogP contribution in [0.5, 0.6) is 0 Å². The summed E-state index contributed by atoms with van der Waals surface area (Å²) in [4.78, 5) is 3.81. The van der Waals surface area contributed by atoms with Gasteiger partial charge in [-0.2, -0.15) is 0 Å². The predicted molar refractivity (Wildman–Crippen MR) is 30.7 cm³/mol. The van der Waals surface area contributed by atoms with Crippen molar-refractivity contribution >= 4 is 0 Å². The fourth-order valence-electron chi connectivity index (χ4n) is 0.475. The molecule has 0 spiro atoms. The summed E-state index contributed by atoms with van der Waals surface area (Å²) in [6.07, 6.45) is 3.95. The molecule has 49 valence electrons. The van der Waals surface area contributed by atoms with Crippen LogP contribution < -0.4 is 0 Å². The fraction of sp³-hybridized carbons (Fsp3) is 0.500. The van der Waals surface area contributed by atoms with Crippen molar-refractivity contribution in [2.24, 2.45) is 0 Å². The second kappa shape index (κ2) is 3.25. The Morgan fingerprint density at radius 3 is 3.33 bits per heavy atom. The van der Waals surface area contributed by atoms with Gasteiger partial charge in [0.1, 0.15) is 6.61 Å². The zero-order chi connectivity index (χ0) is 6.53. The monoisotopic (exact) mass is 126 g/mol. The van der Waals surface area contributed by atoms with Gasteiger partial charge in [0.05, 0.1) is 6.20 Å². The van der Waals surface area contributed by atoms with Gasteiger partial charge in [-0.25, -0.2) is 4.98 Å². The molecule has 1 radical (unpaired) electrons. The minimum absolute atomic E-state index is 0.444. The van der Waals surface area contributed by atoms with E-state index in [1.54, 1.807) is 0 Å². The highest BCUT2D eigenvalue weighted by Gasteiger charge is 1.93. The summed E-state index contributed by atoms with van der Waals surface area (Å²) in [6, 6.07) is 0. The van der Waals surface area contributed by atoms with E-state index in [9.17, 15) is 0 Å². The molecule has 0 bridgehead atoms. The molecule has 1 aromatic heterocycles. The van der Waals surface area contributed by atoms with Crippen LogP contribution in [-0.2, 0) is 11.3 Å². The summed E-state index contributed by atoms with van der Waals surface area (Å²) in [5, 5.41) is 0. The van der Waals surface area contributed by atoms with Crippen LogP contribution in [0.2, 0.25) is 0 Å². The van der Waals surface area contributed by atoms with Crippen molar-refractivity contribution in [3.8, 4) is 0 Å². The minimum Gasteiger partial charge on any atom is -0.435 e. The molecule has 0 saturated heterocycles. The molecule has 0 aliphatic heterocycles. The van der Waals surface area contributed by atoms with Gasteiger partial charge >= 0.3 is 0 Å². The number of oxazole rings is 1. The largest absolute Gasteiger partial charge is 0.435 e. The highest BCUT2D eigenvalue weighted by atomic mass is 16.5. The number of hydrogen-bond donors (Lipinski definition) is 0. The Kier molecular flexibility index (Phi) is 2.27. The minimum atomic E-state index is 0.444. The molecule has 0 aliphatic carbocycles. The van der Waals surface area contributed by atoms with E-state index in [-0.39, 0.29) is 0 Å². The van der Waals surface area contributed by atoms with Crippen molar-refractivity contribution in [1.82, 2.24) is 4.98 Å². The second-order valence-corrected chi connectivity index (χ2v) is 1.51. The number of rotatable bonds is 3. The highest BCUT2D eigenvalue weighted by Crippen LogP contribution is 1.94. The van der Waals surface area contributed by atoms with E-state index >= 15 is 0 Å². The van der Waals surface area contributed by atoms with Gasteiger partial charge in [-0.05, 0) is 6.92 Å². The summed E-state index contributed by atoms with van der Waals surface area (Å²) in [5.41, 5.74) is 0. The van der Waals surface area contributed by atoms with Crippen LogP contribution in [0.3, 0.4) is 0 Å². The fourth-order valence-corrected chi connectivity index (χ4v) is 0.475. The Morgan fingerprint density at radius 1 is 1.89 bits per heavy atom. The molecule has 1 rings (SSSR count). The van der Waals surface area contributed by atoms with Gasteiger partial charge in [0.25, 0.3) is 0 Å². The van der Waals surface area contributed by atoms with Crippen LogP contribution in [0, 0.1) is 6.26 Å². The Bertz CT molecular complexity index is 148. The van der Waals surface area contributed by atoms with Crippen molar-refractivity contribution < 1.29 is 9.15 Å². The van der Waals surface area contributed by atoms with Crippen molar-refractivity contribution in [3.05, 3.63) is 18.4 Å². The smallest absolute Gasteiger partial charge is 0.221 e. The van der Waals surface area contributed by atoms with Gasteiger partial charge in [0.15, 0.2) is 6.26 Å². The first kappa shape index (κ1) is 6.29. The molecular weight excluding hydrogens is 118 g/mol. The Hall–Kier alpha value is -0.830. The van der Waals surface area contributed by atoms with Crippen LogP contribution in [0.15, 0.2) is 10.6 Å². The first-order valence-electron chi connectivity index (χ1n) is 2.82. The predicted octanol–water partition coefficient (Wildman–Crippen LogP) is 1.01. The van der Waals surface area contributed by atoms with Crippen molar-refractivity contribution in [2.45, 2.75) is 13.5 Å². The first-order valence-corrected chi connectivity index (χ1v) is 2.82. The molecule has 9 heavy (non-hydrogen) atoms. The third-order valence-electron chi connectivity index (χ3n) is 0.868. The van der Waals surface area contributed by atoms with Gasteiger partial charge < -0.3 is 9.15 Å². The Morgan fingerprint density at radius 2 is 2.78 bits per heavy atom. The third-order valence-corrected chi connectivity index (χ3v) is 0.868. The molecule has 0 aromatic carbocycles. The lowest BCUT2D eigenvalue weighted by Gasteiger charge is -1.92. The average molecular weight is 126 g/mol. The third kappa shape index (κ3) is 1.85. The van der Waals surface area contributed by atoms with E-state index in [0.29, 0.717) is 19.1 Å². The summed E-state index contributed by atoms with van der Waals surface area (Å²) < 4.78 is 9.78. The molecule has 3 nitrogen and oxygen atoms in total. The maximum absolute atomic E-state index is 5.00. The van der Waals surface area contributed by atoms with Crippen LogP contribution in [-0.4, -0.2) is 11.6 Å². The summed E-state index contributed by atoms with van der Waals surface area (Å²) in [5.74, 6) is 0.580. The highest BCUT2D eigenvalue weighted by molar-refractivity contribution is 4.74. The van der Waals surface area contributed by atoms with E-state index in [4.69, 9.17) is 9.15 Å². The zero-order valence-electron chi connectivity index (χ0n) is 5.26. The first-order chi connectivity index (χ1) is 4.43. The second-order valence-electron chi connectivity index (χ2n) is 1.51. The van der Waals surface area contributed by atoms with Crippen LogP contribution in [0.1, 0.15) is 12.8 Å². The van der Waals surface area contributed by atoms with Gasteiger partial charge in [-0.15, -0.1) is 0 Å². The molecule has 0 amide bonds. The number of nitrogens with zero attached hydrogens (tertiary/aromatic N) is 1. The van der Waals surface area contributed by atoms with Crippen molar-refractivity contribution in [3.63, 3.8) is 0 Å². The molecule has 0 N–H and O–H groups in total. The lowest BCUT2D eigenvalue weighted by molar-refractivity contribution is 0.114. The Balaban J connectivity index is 2.30. The summed E-state index contributed by atoms with van der Waals surface area (Å²) >= 11 is 0. The SMILES string of the molecule is CCOCc1nc[c]o1. The standard InChI is InChI=1S/C6H8NO2/c1-2-8-5-6-7-3-4-9-6/h3H,2,5H2,1H3. The van der Waals surface area contributed by atoms with E-state index in [0.717, 1.165) is 0 Å². The molecule has 0 aliphatic rings. The molecule has 1 aromatic rings. The van der Waals surface area contributed by atoms with Crippen molar-refractivity contribution in [1.29, 1.82) is 0 Å². The zero-order valence-corrected chi connectivity index (χ0v) is 5.26. The average Bonchev–Trinajstić information content (AvgIpc) is 2.34. The summed E-state index contributed by atoms with van der Waals surface area (Å²) in [6.45, 7) is 3.05. The van der Waals surface area contributed by atoms with Crippen LogP contribution in [0.4, 0.5) is 0 Å².